The number of likely N-dealkylation sites (tertiary alicyclic amines) is 1. The van der Waals surface area contributed by atoms with Crippen LogP contribution < -0.4 is 5.32 Å². The highest BCUT2D eigenvalue weighted by atomic mass is 16.6. The summed E-state index contributed by atoms with van der Waals surface area (Å²) in [5.74, 6) is 0.238. The summed E-state index contributed by atoms with van der Waals surface area (Å²) in [5, 5.41) is 14.0. The SMILES string of the molecule is O=C(c1ccc([N+](=O)[O-])[nH]1)N1CCC2NCCC2C1. The molecule has 0 aromatic carbocycles. The van der Waals surface area contributed by atoms with Crippen LogP contribution >= 0.6 is 0 Å². The highest BCUT2D eigenvalue weighted by Gasteiger charge is 2.35. The first kappa shape index (κ1) is 12.2. The number of fused-ring (bicyclic) bond motifs is 1. The largest absolute Gasteiger partial charge is 0.358 e. The van der Waals surface area contributed by atoms with Crippen LogP contribution in [0, 0.1) is 16.0 Å². The number of aromatic amines is 1. The summed E-state index contributed by atoms with van der Waals surface area (Å²) in [6.45, 7) is 2.47. The van der Waals surface area contributed by atoms with Crippen molar-refractivity contribution < 1.29 is 9.72 Å². The number of amides is 1. The van der Waals surface area contributed by atoms with Crippen molar-refractivity contribution in [1.82, 2.24) is 15.2 Å². The predicted molar refractivity (Wildman–Crippen MR) is 67.9 cm³/mol. The summed E-state index contributed by atoms with van der Waals surface area (Å²) in [5.41, 5.74) is 0.302. The fourth-order valence-electron chi connectivity index (χ4n) is 3.02. The lowest BCUT2D eigenvalue weighted by atomic mass is 9.93. The van der Waals surface area contributed by atoms with Crippen LogP contribution in [0.5, 0.6) is 0 Å². The van der Waals surface area contributed by atoms with Crippen molar-refractivity contribution in [2.24, 2.45) is 5.92 Å². The maximum absolute atomic E-state index is 12.3. The average Bonchev–Trinajstić information content (AvgIpc) is 3.06. The van der Waals surface area contributed by atoms with E-state index in [1.165, 1.54) is 12.1 Å². The Labute approximate surface area is 110 Å². The van der Waals surface area contributed by atoms with Crippen LogP contribution in [0.2, 0.25) is 0 Å². The van der Waals surface area contributed by atoms with Gasteiger partial charge in [0.2, 0.25) is 0 Å². The molecule has 2 saturated heterocycles. The van der Waals surface area contributed by atoms with Gasteiger partial charge in [0.05, 0.1) is 0 Å². The van der Waals surface area contributed by atoms with E-state index in [1.54, 1.807) is 4.90 Å². The Hall–Kier alpha value is -1.89. The number of piperidine rings is 1. The summed E-state index contributed by atoms with van der Waals surface area (Å²) < 4.78 is 0. The number of nitro groups is 1. The van der Waals surface area contributed by atoms with E-state index in [0.29, 0.717) is 24.2 Å². The molecule has 2 unspecified atom stereocenters. The molecule has 19 heavy (non-hydrogen) atoms. The molecule has 0 saturated carbocycles. The van der Waals surface area contributed by atoms with Crippen LogP contribution in [-0.4, -0.2) is 46.4 Å². The molecule has 1 aromatic heterocycles. The van der Waals surface area contributed by atoms with Crippen molar-refractivity contribution in [3.05, 3.63) is 27.9 Å². The molecule has 1 aromatic rings. The first-order chi connectivity index (χ1) is 9.15. The van der Waals surface area contributed by atoms with Gasteiger partial charge >= 0.3 is 5.82 Å². The smallest absolute Gasteiger partial charge is 0.321 e. The number of carbonyl (C=O) groups is 1. The topological polar surface area (TPSA) is 91.3 Å². The standard InChI is InChI=1S/C12H16N4O3/c17-12(10-1-2-11(14-10)16(18)19)15-6-4-9-8(7-15)3-5-13-9/h1-2,8-9,13-14H,3-7H2. The average molecular weight is 264 g/mol. The van der Waals surface area contributed by atoms with E-state index in [0.717, 1.165) is 25.9 Å². The summed E-state index contributed by atoms with van der Waals surface area (Å²) in [7, 11) is 0. The molecular formula is C12H16N4O3. The van der Waals surface area contributed by atoms with Crippen molar-refractivity contribution in [2.45, 2.75) is 18.9 Å². The van der Waals surface area contributed by atoms with Crippen LogP contribution in [0.1, 0.15) is 23.3 Å². The molecule has 1 amide bonds. The van der Waals surface area contributed by atoms with Gasteiger partial charge in [0.15, 0.2) is 5.69 Å². The molecule has 2 N–H and O–H groups in total. The van der Waals surface area contributed by atoms with Gasteiger partial charge in [-0.2, -0.15) is 0 Å². The third kappa shape index (κ3) is 2.21. The van der Waals surface area contributed by atoms with Crippen LogP contribution in [0.15, 0.2) is 12.1 Å². The van der Waals surface area contributed by atoms with Gasteiger partial charge in [0.25, 0.3) is 5.91 Å². The summed E-state index contributed by atoms with van der Waals surface area (Å²) in [4.78, 5) is 26.7. The molecule has 0 radical (unpaired) electrons. The summed E-state index contributed by atoms with van der Waals surface area (Å²) >= 11 is 0. The van der Waals surface area contributed by atoms with E-state index < -0.39 is 4.92 Å². The van der Waals surface area contributed by atoms with Crippen LogP contribution in [0.3, 0.4) is 0 Å². The Balaban J connectivity index is 1.71. The molecule has 102 valence electrons. The fraction of sp³-hybridized carbons (Fsp3) is 0.583. The van der Waals surface area contributed by atoms with Gasteiger partial charge < -0.3 is 20.3 Å². The molecule has 3 rings (SSSR count). The summed E-state index contributed by atoms with van der Waals surface area (Å²) in [6.07, 6.45) is 2.05. The molecule has 0 aliphatic carbocycles. The van der Waals surface area contributed by atoms with Crippen LogP contribution in [-0.2, 0) is 0 Å². The second-order valence-corrected chi connectivity index (χ2v) is 5.16. The minimum Gasteiger partial charge on any atom is -0.358 e. The van der Waals surface area contributed by atoms with Crippen molar-refractivity contribution in [3.63, 3.8) is 0 Å². The quantitative estimate of drug-likeness (QED) is 0.609. The number of hydrogen-bond acceptors (Lipinski definition) is 4. The normalized spacial score (nSPS) is 26.2. The molecule has 2 aliphatic rings. The summed E-state index contributed by atoms with van der Waals surface area (Å²) in [6, 6.07) is 3.35. The molecule has 0 bridgehead atoms. The van der Waals surface area contributed by atoms with Gasteiger partial charge in [-0.1, -0.05) is 0 Å². The first-order valence-electron chi connectivity index (χ1n) is 6.51. The third-order valence-electron chi connectivity index (χ3n) is 4.04. The van der Waals surface area contributed by atoms with Crippen LogP contribution in [0.4, 0.5) is 5.82 Å². The van der Waals surface area contributed by atoms with E-state index in [-0.39, 0.29) is 11.7 Å². The Morgan fingerprint density at radius 1 is 1.42 bits per heavy atom. The fourth-order valence-corrected chi connectivity index (χ4v) is 3.02. The van der Waals surface area contributed by atoms with Crippen molar-refractivity contribution in [2.75, 3.05) is 19.6 Å². The molecule has 2 fully saturated rings. The lowest BCUT2D eigenvalue weighted by Crippen LogP contribution is -2.46. The van der Waals surface area contributed by atoms with Gasteiger partial charge in [-0.05, 0) is 36.3 Å². The second kappa shape index (κ2) is 4.65. The second-order valence-electron chi connectivity index (χ2n) is 5.16. The number of nitrogens with one attached hydrogen (secondary N) is 2. The van der Waals surface area contributed by atoms with Gasteiger partial charge in [0, 0.05) is 25.2 Å². The zero-order chi connectivity index (χ0) is 13.4. The minimum absolute atomic E-state index is 0.138. The molecule has 7 heteroatoms. The molecule has 7 nitrogen and oxygen atoms in total. The molecule has 2 aliphatic heterocycles. The van der Waals surface area contributed by atoms with Gasteiger partial charge in [-0.25, -0.2) is 4.98 Å². The Morgan fingerprint density at radius 2 is 2.26 bits per heavy atom. The van der Waals surface area contributed by atoms with E-state index in [4.69, 9.17) is 0 Å². The zero-order valence-corrected chi connectivity index (χ0v) is 10.5. The van der Waals surface area contributed by atoms with Crippen molar-refractivity contribution >= 4 is 11.7 Å². The molecule has 0 spiro atoms. The van der Waals surface area contributed by atoms with Gasteiger partial charge in [-0.15, -0.1) is 0 Å². The number of hydrogen-bond donors (Lipinski definition) is 2. The highest BCUT2D eigenvalue weighted by molar-refractivity contribution is 5.93. The molecular weight excluding hydrogens is 248 g/mol. The van der Waals surface area contributed by atoms with Crippen LogP contribution in [0.25, 0.3) is 0 Å². The number of carbonyl (C=O) groups excluding carboxylic acids is 1. The maximum Gasteiger partial charge on any atom is 0.321 e. The van der Waals surface area contributed by atoms with Crippen molar-refractivity contribution in [3.8, 4) is 0 Å². The van der Waals surface area contributed by atoms with E-state index >= 15 is 0 Å². The Bertz CT molecular complexity index is 513. The highest BCUT2D eigenvalue weighted by Crippen LogP contribution is 2.25. The molecule has 3 heterocycles. The number of rotatable bonds is 2. The minimum atomic E-state index is -0.524. The monoisotopic (exact) mass is 264 g/mol. The van der Waals surface area contributed by atoms with E-state index in [9.17, 15) is 14.9 Å². The van der Waals surface area contributed by atoms with E-state index in [2.05, 4.69) is 10.3 Å². The van der Waals surface area contributed by atoms with Gasteiger partial charge in [0.1, 0.15) is 0 Å². The zero-order valence-electron chi connectivity index (χ0n) is 10.5. The Kier molecular flexibility index (Phi) is 2.98. The van der Waals surface area contributed by atoms with Gasteiger partial charge in [-0.3, -0.25) is 4.79 Å². The van der Waals surface area contributed by atoms with Crippen molar-refractivity contribution in [1.29, 1.82) is 0 Å². The Morgan fingerprint density at radius 3 is 3.00 bits per heavy atom. The number of aromatic nitrogens is 1. The first-order valence-corrected chi connectivity index (χ1v) is 6.51. The molecule has 2 atom stereocenters. The number of nitrogens with zero attached hydrogens (tertiary/aromatic N) is 2. The maximum atomic E-state index is 12.3. The number of H-pyrrole nitrogens is 1. The predicted octanol–water partition coefficient (Wildman–Crippen LogP) is 0.747. The van der Waals surface area contributed by atoms with E-state index in [1.807, 2.05) is 0 Å². The lowest BCUT2D eigenvalue weighted by molar-refractivity contribution is -0.389. The third-order valence-corrected chi connectivity index (χ3v) is 4.04. The lowest BCUT2D eigenvalue weighted by Gasteiger charge is -2.34.